The van der Waals surface area contributed by atoms with Gasteiger partial charge in [0.2, 0.25) is 0 Å². The Kier molecular flexibility index (Phi) is 63.7. The van der Waals surface area contributed by atoms with Gasteiger partial charge in [-0.2, -0.15) is 0 Å². The Morgan fingerprint density at radius 1 is 0.266 bits per heavy atom. The van der Waals surface area contributed by atoms with Crippen LogP contribution in [0.15, 0.2) is 97.2 Å². The van der Waals surface area contributed by atoms with Gasteiger partial charge in [-0.25, -0.2) is 0 Å². The van der Waals surface area contributed by atoms with Gasteiger partial charge in [-0.15, -0.1) is 0 Å². The van der Waals surface area contributed by atoms with Gasteiger partial charge in [-0.1, -0.05) is 304 Å². The van der Waals surface area contributed by atoms with Crippen LogP contribution in [-0.2, 0) is 28.6 Å². The topological polar surface area (TPSA) is 78.9 Å². The fraction of sp³-hybridized carbons (Fsp3) is 0.740. The van der Waals surface area contributed by atoms with Crippen molar-refractivity contribution in [1.29, 1.82) is 0 Å². The number of rotatable bonds is 61. The summed E-state index contributed by atoms with van der Waals surface area (Å²) in [6.45, 7) is 6.45. The molecule has 0 aliphatic heterocycles. The molecule has 0 aliphatic rings. The lowest BCUT2D eigenvalue weighted by molar-refractivity contribution is -0.166. The zero-order valence-corrected chi connectivity index (χ0v) is 52.1. The average Bonchev–Trinajstić information content (AvgIpc) is 3.45. The maximum atomic E-state index is 12.9. The van der Waals surface area contributed by atoms with Crippen LogP contribution in [0.5, 0.6) is 0 Å². The smallest absolute Gasteiger partial charge is 0.306 e. The summed E-state index contributed by atoms with van der Waals surface area (Å²) in [5.41, 5.74) is 0. The molecule has 6 nitrogen and oxygen atoms in total. The first kappa shape index (κ1) is 75.3. The van der Waals surface area contributed by atoms with Crippen molar-refractivity contribution in [2.24, 2.45) is 0 Å². The number of allylic oxidation sites excluding steroid dienone is 16. The number of carbonyl (C=O) groups is 3. The standard InChI is InChI=1S/C73H126O6/c1-4-7-10-13-16-19-22-24-26-28-30-31-32-33-34-35-36-37-38-39-40-41-43-44-46-48-51-54-57-60-63-66-72(75)78-69-70(68-77-71(74)65-62-59-56-53-50-21-18-15-12-9-6-3)79-73(76)67-64-61-58-55-52-49-47-45-42-29-27-25-23-20-17-14-11-8-5-2/h8,11,15,17-18,20,25,27-28,30,42,45,49,52,58,61,70H,4-7,9-10,12-14,16,19,21-24,26,29,31-41,43-44,46-48,50-51,53-57,59-60,62-69H2,1-3H3/b11-8-,18-15-,20-17-,27-25-,30-28-,45-42-,52-49-,61-58-. The van der Waals surface area contributed by atoms with Crippen LogP contribution in [0.1, 0.15) is 329 Å². The molecular formula is C73H126O6. The van der Waals surface area contributed by atoms with Crippen molar-refractivity contribution in [3.05, 3.63) is 97.2 Å². The van der Waals surface area contributed by atoms with Crippen LogP contribution in [0.25, 0.3) is 0 Å². The van der Waals surface area contributed by atoms with E-state index in [0.29, 0.717) is 19.3 Å². The third-order valence-electron chi connectivity index (χ3n) is 14.6. The molecule has 0 saturated heterocycles. The summed E-state index contributed by atoms with van der Waals surface area (Å²) in [6, 6.07) is 0. The van der Waals surface area contributed by atoms with Crippen molar-refractivity contribution in [1.82, 2.24) is 0 Å². The van der Waals surface area contributed by atoms with E-state index in [4.69, 9.17) is 14.2 Å². The Morgan fingerprint density at radius 3 is 0.861 bits per heavy atom. The highest BCUT2D eigenvalue weighted by Crippen LogP contribution is 2.17. The number of carbonyl (C=O) groups excluding carboxylic acids is 3. The van der Waals surface area contributed by atoms with Crippen molar-refractivity contribution in [2.45, 2.75) is 335 Å². The van der Waals surface area contributed by atoms with Gasteiger partial charge in [-0.3, -0.25) is 14.4 Å². The van der Waals surface area contributed by atoms with Crippen LogP contribution in [0, 0.1) is 0 Å². The molecule has 1 atom stereocenters. The molecule has 0 spiro atoms. The Hall–Kier alpha value is -3.67. The fourth-order valence-corrected chi connectivity index (χ4v) is 9.51. The predicted molar refractivity (Wildman–Crippen MR) is 344 cm³/mol. The van der Waals surface area contributed by atoms with E-state index in [9.17, 15) is 14.4 Å². The molecule has 0 rings (SSSR count). The minimum absolute atomic E-state index is 0.108. The molecule has 0 N–H and O–H groups in total. The molecule has 0 saturated carbocycles. The second-order valence-electron chi connectivity index (χ2n) is 22.3. The van der Waals surface area contributed by atoms with E-state index in [1.54, 1.807) is 0 Å². The van der Waals surface area contributed by atoms with Gasteiger partial charge in [0.25, 0.3) is 0 Å². The Morgan fingerprint density at radius 2 is 0.532 bits per heavy atom. The third-order valence-corrected chi connectivity index (χ3v) is 14.6. The molecular weight excluding hydrogens is 973 g/mol. The molecule has 0 amide bonds. The van der Waals surface area contributed by atoms with E-state index in [0.717, 1.165) is 89.9 Å². The maximum Gasteiger partial charge on any atom is 0.306 e. The van der Waals surface area contributed by atoms with Gasteiger partial charge in [0.05, 0.1) is 0 Å². The molecule has 0 fully saturated rings. The summed E-state index contributed by atoms with van der Waals surface area (Å²) in [5.74, 6) is -0.994. The second-order valence-corrected chi connectivity index (χ2v) is 22.3. The van der Waals surface area contributed by atoms with Crippen molar-refractivity contribution < 1.29 is 28.6 Å². The number of ether oxygens (including phenoxy) is 3. The molecule has 0 aromatic rings. The first-order chi connectivity index (χ1) is 39.0. The van der Waals surface area contributed by atoms with Crippen molar-refractivity contribution >= 4 is 17.9 Å². The van der Waals surface area contributed by atoms with E-state index in [-0.39, 0.29) is 31.6 Å². The van der Waals surface area contributed by atoms with Crippen LogP contribution in [0.4, 0.5) is 0 Å². The van der Waals surface area contributed by atoms with Crippen molar-refractivity contribution in [3.8, 4) is 0 Å². The number of esters is 3. The largest absolute Gasteiger partial charge is 0.462 e. The number of hydrogen-bond donors (Lipinski definition) is 0. The maximum absolute atomic E-state index is 12.9. The monoisotopic (exact) mass is 1100 g/mol. The summed E-state index contributed by atoms with van der Waals surface area (Å²) >= 11 is 0. The van der Waals surface area contributed by atoms with Gasteiger partial charge in [0.15, 0.2) is 6.10 Å². The Labute approximate surface area is 489 Å². The molecule has 0 aromatic carbocycles. The molecule has 454 valence electrons. The van der Waals surface area contributed by atoms with Crippen LogP contribution >= 0.6 is 0 Å². The van der Waals surface area contributed by atoms with Crippen molar-refractivity contribution in [3.63, 3.8) is 0 Å². The van der Waals surface area contributed by atoms with Gasteiger partial charge < -0.3 is 14.2 Å². The van der Waals surface area contributed by atoms with Crippen LogP contribution in [-0.4, -0.2) is 37.2 Å². The van der Waals surface area contributed by atoms with Crippen molar-refractivity contribution in [2.75, 3.05) is 13.2 Å². The first-order valence-electron chi connectivity index (χ1n) is 33.7. The molecule has 6 heteroatoms. The highest BCUT2D eigenvalue weighted by atomic mass is 16.6. The first-order valence-corrected chi connectivity index (χ1v) is 33.7. The lowest BCUT2D eigenvalue weighted by atomic mass is 10.0. The van der Waals surface area contributed by atoms with E-state index in [1.165, 1.54) is 193 Å². The normalized spacial score (nSPS) is 12.7. The molecule has 1 unspecified atom stereocenters. The quantitative estimate of drug-likeness (QED) is 0.0261. The van der Waals surface area contributed by atoms with Gasteiger partial charge in [-0.05, 0) is 103 Å². The van der Waals surface area contributed by atoms with E-state index in [1.807, 2.05) is 6.08 Å². The van der Waals surface area contributed by atoms with Crippen LogP contribution in [0.3, 0.4) is 0 Å². The average molecular weight is 1100 g/mol. The summed E-state index contributed by atoms with van der Waals surface area (Å²) in [5, 5.41) is 0. The predicted octanol–water partition coefficient (Wildman–Crippen LogP) is 23.2. The molecule has 0 heterocycles. The Bertz CT molecular complexity index is 1540. The fourth-order valence-electron chi connectivity index (χ4n) is 9.51. The summed E-state index contributed by atoms with van der Waals surface area (Å²) in [7, 11) is 0. The van der Waals surface area contributed by atoms with Crippen LogP contribution in [0.2, 0.25) is 0 Å². The molecule has 79 heavy (non-hydrogen) atoms. The summed E-state index contributed by atoms with van der Waals surface area (Å²) < 4.78 is 16.8. The van der Waals surface area contributed by atoms with Gasteiger partial charge in [0.1, 0.15) is 13.2 Å². The highest BCUT2D eigenvalue weighted by molar-refractivity contribution is 5.71. The molecule has 0 bridgehead atoms. The molecule has 0 aromatic heterocycles. The lowest BCUT2D eigenvalue weighted by Gasteiger charge is -2.18. The number of hydrogen-bond acceptors (Lipinski definition) is 6. The van der Waals surface area contributed by atoms with Gasteiger partial charge in [0, 0.05) is 19.3 Å². The van der Waals surface area contributed by atoms with Gasteiger partial charge >= 0.3 is 17.9 Å². The molecule has 0 aliphatic carbocycles. The molecule has 0 radical (unpaired) electrons. The lowest BCUT2D eigenvalue weighted by Crippen LogP contribution is -2.30. The minimum atomic E-state index is -0.821. The Balaban J connectivity index is 4.22. The van der Waals surface area contributed by atoms with E-state index >= 15 is 0 Å². The minimum Gasteiger partial charge on any atom is -0.462 e. The zero-order valence-electron chi connectivity index (χ0n) is 52.1. The third kappa shape index (κ3) is 65.0. The van der Waals surface area contributed by atoms with E-state index in [2.05, 4.69) is 112 Å². The summed E-state index contributed by atoms with van der Waals surface area (Å²) in [6.07, 6.45) is 90.3. The van der Waals surface area contributed by atoms with E-state index < -0.39 is 12.1 Å². The SMILES string of the molecule is CC/C=C\C/C=C\C/C=C\C/C=C\C/C=C\C/C=C\CCC(=O)OC(COC(=O)CCCCCCC/C=C\CCCC)COC(=O)CCCCCCCCCCCCCCCCCCCCC/C=C\CCCCCCCCCC. The number of unbranched alkanes of at least 4 members (excludes halogenated alkanes) is 34. The highest BCUT2D eigenvalue weighted by Gasteiger charge is 2.19. The zero-order chi connectivity index (χ0) is 57.1. The summed E-state index contributed by atoms with van der Waals surface area (Å²) in [4.78, 5) is 38.2. The van der Waals surface area contributed by atoms with Crippen LogP contribution < -0.4 is 0 Å². The second kappa shape index (κ2) is 66.8.